The highest BCUT2D eigenvalue weighted by atomic mass is 35.5. The van der Waals surface area contributed by atoms with Crippen molar-refractivity contribution in [3.05, 3.63) is 24.3 Å². The Morgan fingerprint density at radius 2 is 2.08 bits per heavy atom. The van der Waals surface area contributed by atoms with Gasteiger partial charge in [-0.25, -0.2) is 0 Å². The Morgan fingerprint density at radius 1 is 1.33 bits per heavy atom. The number of benzene rings is 1. The van der Waals surface area contributed by atoms with E-state index in [1.165, 1.54) is 7.11 Å². The monoisotopic (exact) mass is 358 g/mol. The average Bonchev–Trinajstić information content (AvgIpc) is 2.60. The molecule has 2 N–H and O–H groups in total. The highest BCUT2D eigenvalue weighted by molar-refractivity contribution is 5.95. The van der Waals surface area contributed by atoms with Gasteiger partial charge in [0, 0.05) is 18.7 Å². The van der Waals surface area contributed by atoms with Crippen LogP contribution in [0.3, 0.4) is 0 Å². The topological polar surface area (TPSA) is 85.9 Å². The van der Waals surface area contributed by atoms with E-state index in [2.05, 4.69) is 15.4 Å². The molecule has 2 rings (SSSR count). The smallest absolute Gasteiger partial charge is 0.305 e. The van der Waals surface area contributed by atoms with Gasteiger partial charge < -0.3 is 24.8 Å². The first-order valence-corrected chi connectivity index (χ1v) is 7.60. The summed E-state index contributed by atoms with van der Waals surface area (Å²) in [5.41, 5.74) is 0.698. The Bertz CT molecular complexity index is 518. The van der Waals surface area contributed by atoms with E-state index in [0.29, 0.717) is 50.6 Å². The minimum Gasteiger partial charge on any atom is -0.494 e. The van der Waals surface area contributed by atoms with Crippen LogP contribution in [0, 0.1) is 0 Å². The summed E-state index contributed by atoms with van der Waals surface area (Å²) in [6.45, 7) is 2.12. The van der Waals surface area contributed by atoms with Crippen LogP contribution >= 0.6 is 12.4 Å². The zero-order chi connectivity index (χ0) is 16.5. The third kappa shape index (κ3) is 6.74. The molecule has 1 aliphatic heterocycles. The lowest BCUT2D eigenvalue weighted by molar-refractivity contribution is -0.140. The standard InChI is InChI=1S/C16H22N2O5.ClH/c1-21-15(19)3-2-9-23-13-6-4-12(5-7-13)18-16(20)14-11-22-10-8-17-14;/h4-7,14,17H,2-3,8-11H2,1H3,(H,18,20);1H. The molecule has 0 aromatic heterocycles. The average molecular weight is 359 g/mol. The van der Waals surface area contributed by atoms with Crippen molar-refractivity contribution in [2.24, 2.45) is 0 Å². The maximum atomic E-state index is 12.0. The Morgan fingerprint density at radius 3 is 2.71 bits per heavy atom. The molecule has 1 unspecified atom stereocenters. The Hall–Kier alpha value is -1.83. The molecule has 0 aliphatic carbocycles. The van der Waals surface area contributed by atoms with Gasteiger partial charge in [-0.3, -0.25) is 9.59 Å². The number of methoxy groups -OCH3 is 1. The number of nitrogens with one attached hydrogen (secondary N) is 2. The van der Waals surface area contributed by atoms with E-state index in [9.17, 15) is 9.59 Å². The number of hydrogen-bond donors (Lipinski definition) is 2. The molecule has 8 heteroatoms. The molecule has 24 heavy (non-hydrogen) atoms. The number of rotatable bonds is 7. The third-order valence-electron chi connectivity index (χ3n) is 3.38. The molecule has 0 radical (unpaired) electrons. The SMILES string of the molecule is COC(=O)CCCOc1ccc(NC(=O)C2COCCN2)cc1.Cl. The normalized spacial score (nSPS) is 16.6. The zero-order valence-corrected chi connectivity index (χ0v) is 14.4. The molecular formula is C16H23ClN2O5. The van der Waals surface area contributed by atoms with Crippen LogP contribution in [-0.4, -0.2) is 51.4 Å². The molecule has 0 saturated carbocycles. The molecule has 1 aromatic rings. The van der Waals surface area contributed by atoms with Crippen LogP contribution in [0.15, 0.2) is 24.3 Å². The van der Waals surface area contributed by atoms with Crippen LogP contribution < -0.4 is 15.4 Å². The molecule has 0 spiro atoms. The molecule has 134 valence electrons. The summed E-state index contributed by atoms with van der Waals surface area (Å²) < 4.78 is 15.3. The Balaban J connectivity index is 0.00000288. The third-order valence-corrected chi connectivity index (χ3v) is 3.38. The van der Waals surface area contributed by atoms with Crippen molar-refractivity contribution in [1.29, 1.82) is 0 Å². The first-order valence-electron chi connectivity index (χ1n) is 7.60. The van der Waals surface area contributed by atoms with Gasteiger partial charge in [0.05, 0.1) is 26.9 Å². The molecule has 1 fully saturated rings. The summed E-state index contributed by atoms with van der Waals surface area (Å²) in [6.07, 6.45) is 0.930. The van der Waals surface area contributed by atoms with Crippen LogP contribution in [0.5, 0.6) is 5.75 Å². The molecule has 1 atom stereocenters. The van der Waals surface area contributed by atoms with Crippen molar-refractivity contribution in [3.63, 3.8) is 0 Å². The molecule has 1 aromatic carbocycles. The van der Waals surface area contributed by atoms with Crippen molar-refractivity contribution in [2.75, 3.05) is 38.8 Å². The summed E-state index contributed by atoms with van der Waals surface area (Å²) in [4.78, 5) is 23.0. The van der Waals surface area contributed by atoms with Gasteiger partial charge in [-0.15, -0.1) is 12.4 Å². The van der Waals surface area contributed by atoms with E-state index in [1.807, 2.05) is 0 Å². The fraction of sp³-hybridized carbons (Fsp3) is 0.500. The molecule has 0 bridgehead atoms. The molecule has 1 saturated heterocycles. The van der Waals surface area contributed by atoms with Crippen LogP contribution in [-0.2, 0) is 19.1 Å². The first kappa shape index (κ1) is 20.2. The van der Waals surface area contributed by atoms with E-state index >= 15 is 0 Å². The lowest BCUT2D eigenvalue weighted by Crippen LogP contribution is -2.48. The molecular weight excluding hydrogens is 336 g/mol. The van der Waals surface area contributed by atoms with Crippen LogP contribution in [0.25, 0.3) is 0 Å². The molecule has 1 amide bonds. The quantitative estimate of drug-likeness (QED) is 0.565. The number of carbonyl (C=O) groups excluding carboxylic acids is 2. The second-order valence-corrected chi connectivity index (χ2v) is 5.12. The number of hydrogen-bond acceptors (Lipinski definition) is 6. The van der Waals surface area contributed by atoms with Gasteiger partial charge in [0.15, 0.2) is 0 Å². The van der Waals surface area contributed by atoms with Gasteiger partial charge >= 0.3 is 5.97 Å². The molecule has 7 nitrogen and oxygen atoms in total. The van der Waals surface area contributed by atoms with E-state index in [-0.39, 0.29) is 30.3 Å². The lowest BCUT2D eigenvalue weighted by Gasteiger charge is -2.22. The van der Waals surface area contributed by atoms with Gasteiger partial charge in [-0.05, 0) is 30.7 Å². The van der Waals surface area contributed by atoms with Crippen molar-refractivity contribution in [1.82, 2.24) is 5.32 Å². The Labute approximate surface area is 147 Å². The highest BCUT2D eigenvalue weighted by Crippen LogP contribution is 2.16. The maximum absolute atomic E-state index is 12.0. The number of ether oxygens (including phenoxy) is 3. The van der Waals surface area contributed by atoms with E-state index in [1.54, 1.807) is 24.3 Å². The van der Waals surface area contributed by atoms with Gasteiger partial charge in [0.2, 0.25) is 5.91 Å². The number of amides is 1. The summed E-state index contributed by atoms with van der Waals surface area (Å²) in [6, 6.07) is 6.78. The number of morpholine rings is 1. The summed E-state index contributed by atoms with van der Waals surface area (Å²) in [5.74, 6) is 0.329. The predicted octanol–water partition coefficient (Wildman–Crippen LogP) is 1.37. The van der Waals surface area contributed by atoms with Crippen LogP contribution in [0.2, 0.25) is 0 Å². The van der Waals surface area contributed by atoms with Crippen molar-refractivity contribution >= 4 is 30.0 Å². The minimum atomic E-state index is -0.321. The van der Waals surface area contributed by atoms with Gasteiger partial charge in [0.25, 0.3) is 0 Å². The molecule has 1 heterocycles. The first-order chi connectivity index (χ1) is 11.2. The number of anilines is 1. The number of carbonyl (C=O) groups is 2. The van der Waals surface area contributed by atoms with Gasteiger partial charge in [-0.1, -0.05) is 0 Å². The number of esters is 1. The molecule has 1 aliphatic rings. The summed E-state index contributed by atoms with van der Waals surface area (Å²) in [5, 5.41) is 5.93. The fourth-order valence-electron chi connectivity index (χ4n) is 2.11. The maximum Gasteiger partial charge on any atom is 0.305 e. The lowest BCUT2D eigenvalue weighted by atomic mass is 10.2. The number of halogens is 1. The van der Waals surface area contributed by atoms with E-state index in [4.69, 9.17) is 9.47 Å². The predicted molar refractivity (Wildman–Crippen MR) is 91.7 cm³/mol. The van der Waals surface area contributed by atoms with Crippen LogP contribution in [0.4, 0.5) is 5.69 Å². The van der Waals surface area contributed by atoms with Crippen molar-refractivity contribution in [2.45, 2.75) is 18.9 Å². The largest absolute Gasteiger partial charge is 0.494 e. The van der Waals surface area contributed by atoms with Crippen molar-refractivity contribution in [3.8, 4) is 5.75 Å². The zero-order valence-electron chi connectivity index (χ0n) is 13.6. The van der Waals surface area contributed by atoms with Gasteiger partial charge in [0.1, 0.15) is 11.8 Å². The summed E-state index contributed by atoms with van der Waals surface area (Å²) in [7, 11) is 1.37. The van der Waals surface area contributed by atoms with Crippen LogP contribution in [0.1, 0.15) is 12.8 Å². The second-order valence-electron chi connectivity index (χ2n) is 5.12. The Kier molecular flexibility index (Phi) is 9.14. The van der Waals surface area contributed by atoms with E-state index in [0.717, 1.165) is 0 Å². The van der Waals surface area contributed by atoms with Gasteiger partial charge in [-0.2, -0.15) is 0 Å². The van der Waals surface area contributed by atoms with E-state index < -0.39 is 0 Å². The highest BCUT2D eigenvalue weighted by Gasteiger charge is 2.20. The van der Waals surface area contributed by atoms with Crippen molar-refractivity contribution < 1.29 is 23.8 Å². The summed E-state index contributed by atoms with van der Waals surface area (Å²) >= 11 is 0. The minimum absolute atomic E-state index is 0. The fourth-order valence-corrected chi connectivity index (χ4v) is 2.11. The second kappa shape index (κ2) is 10.9.